The molecule has 1 aromatic heterocycles. The maximum Gasteiger partial charge on any atom is 0.427 e. The van der Waals surface area contributed by atoms with Gasteiger partial charge in [0.05, 0.1) is 13.3 Å². The Balaban J connectivity index is 2.45. The number of carbonyl (C=O) groups is 1. The van der Waals surface area contributed by atoms with Crippen LogP contribution in [0.15, 0.2) is 26.3 Å². The zero-order valence-electron chi connectivity index (χ0n) is 6.78. The number of furan rings is 1. The van der Waals surface area contributed by atoms with Crippen molar-refractivity contribution in [3.05, 3.63) is 22.6 Å². The molecule has 0 spiro atoms. The van der Waals surface area contributed by atoms with Crippen molar-refractivity contribution in [2.24, 2.45) is 5.10 Å². The molecule has 0 unspecified atom stereocenters. The van der Waals surface area contributed by atoms with E-state index in [-0.39, 0.29) is 0 Å². The third kappa shape index (κ3) is 3.29. The summed E-state index contributed by atoms with van der Waals surface area (Å²) in [5.74, 6) is 0.531. The average molecular weight is 247 g/mol. The van der Waals surface area contributed by atoms with E-state index < -0.39 is 6.09 Å². The van der Waals surface area contributed by atoms with E-state index in [9.17, 15) is 4.79 Å². The Morgan fingerprint density at radius 1 is 1.77 bits per heavy atom. The van der Waals surface area contributed by atoms with Gasteiger partial charge in [-0.15, -0.1) is 0 Å². The number of halogens is 1. The van der Waals surface area contributed by atoms with E-state index in [2.05, 4.69) is 31.2 Å². The lowest BCUT2D eigenvalue weighted by molar-refractivity contribution is 0.171. The molecule has 0 bridgehead atoms. The molecule has 0 fully saturated rings. The van der Waals surface area contributed by atoms with E-state index >= 15 is 0 Å². The number of carbonyl (C=O) groups excluding carboxylic acids is 1. The van der Waals surface area contributed by atoms with Crippen LogP contribution in [0.3, 0.4) is 0 Å². The first-order valence-electron chi connectivity index (χ1n) is 3.34. The van der Waals surface area contributed by atoms with Gasteiger partial charge in [0, 0.05) is 0 Å². The van der Waals surface area contributed by atoms with Gasteiger partial charge in [-0.1, -0.05) is 0 Å². The van der Waals surface area contributed by atoms with Crippen LogP contribution < -0.4 is 5.43 Å². The van der Waals surface area contributed by atoms with Crippen molar-refractivity contribution in [3.63, 3.8) is 0 Å². The summed E-state index contributed by atoms with van der Waals surface area (Å²) in [4.78, 5) is 10.5. The first kappa shape index (κ1) is 9.79. The van der Waals surface area contributed by atoms with Gasteiger partial charge in [0.25, 0.3) is 0 Å². The van der Waals surface area contributed by atoms with Crippen molar-refractivity contribution in [2.45, 2.75) is 0 Å². The second-order valence-corrected chi connectivity index (χ2v) is 2.79. The van der Waals surface area contributed by atoms with Crippen molar-refractivity contribution in [2.75, 3.05) is 7.11 Å². The molecule has 70 valence electrons. The van der Waals surface area contributed by atoms with Crippen LogP contribution in [0.2, 0.25) is 0 Å². The normalized spacial score (nSPS) is 10.3. The molecule has 0 aliphatic rings. The standard InChI is InChI=1S/C7H7BrN2O3/c1-12-7(11)10-9-4-5-2-3-6(8)13-5/h2-4H,1H3,(H,10,11). The lowest BCUT2D eigenvalue weighted by atomic mass is 10.5. The van der Waals surface area contributed by atoms with E-state index in [1.807, 2.05) is 0 Å². The SMILES string of the molecule is COC(=O)NN=Cc1ccc(Br)o1. The number of amides is 1. The van der Waals surface area contributed by atoms with E-state index in [0.29, 0.717) is 10.4 Å². The molecule has 0 aliphatic carbocycles. The molecule has 0 saturated carbocycles. The topological polar surface area (TPSA) is 63.8 Å². The van der Waals surface area contributed by atoms with E-state index in [0.717, 1.165) is 0 Å². The minimum Gasteiger partial charge on any atom is -0.452 e. The molecule has 0 aliphatic heterocycles. The van der Waals surface area contributed by atoms with Crippen LogP contribution in [-0.4, -0.2) is 19.4 Å². The van der Waals surface area contributed by atoms with Crippen LogP contribution in [-0.2, 0) is 4.74 Å². The largest absolute Gasteiger partial charge is 0.452 e. The highest BCUT2D eigenvalue weighted by Gasteiger charge is 1.96. The Hall–Kier alpha value is -1.30. The molecule has 13 heavy (non-hydrogen) atoms. The summed E-state index contributed by atoms with van der Waals surface area (Å²) in [5.41, 5.74) is 2.12. The molecule has 0 aromatic carbocycles. The number of hydrazone groups is 1. The fourth-order valence-electron chi connectivity index (χ4n) is 0.592. The van der Waals surface area contributed by atoms with E-state index in [4.69, 9.17) is 4.42 Å². The van der Waals surface area contributed by atoms with Crippen LogP contribution >= 0.6 is 15.9 Å². The van der Waals surface area contributed by atoms with Crippen molar-refractivity contribution in [3.8, 4) is 0 Å². The minimum atomic E-state index is -0.623. The van der Waals surface area contributed by atoms with Gasteiger partial charge in [0.1, 0.15) is 5.76 Å². The van der Waals surface area contributed by atoms with Crippen molar-refractivity contribution < 1.29 is 13.9 Å². The Kier molecular flexibility index (Phi) is 3.51. The fraction of sp³-hybridized carbons (Fsp3) is 0.143. The second kappa shape index (κ2) is 4.66. The summed E-state index contributed by atoms with van der Waals surface area (Å²) in [5, 5.41) is 3.56. The average Bonchev–Trinajstić information content (AvgIpc) is 2.51. The lowest BCUT2D eigenvalue weighted by Gasteiger charge is -1.93. The highest BCUT2D eigenvalue weighted by Crippen LogP contribution is 2.11. The second-order valence-electron chi connectivity index (χ2n) is 2.00. The molecule has 1 N–H and O–H groups in total. The quantitative estimate of drug-likeness (QED) is 0.639. The number of ether oxygens (including phenoxy) is 1. The molecule has 0 radical (unpaired) electrons. The highest BCUT2D eigenvalue weighted by atomic mass is 79.9. The van der Waals surface area contributed by atoms with Crippen LogP contribution in [0.5, 0.6) is 0 Å². The molecular weight excluding hydrogens is 240 g/mol. The first-order chi connectivity index (χ1) is 6.22. The molecule has 5 nitrogen and oxygen atoms in total. The first-order valence-corrected chi connectivity index (χ1v) is 4.14. The highest BCUT2D eigenvalue weighted by molar-refractivity contribution is 9.10. The number of rotatable bonds is 2. The summed E-state index contributed by atoms with van der Waals surface area (Å²) in [7, 11) is 1.26. The van der Waals surface area contributed by atoms with E-state index in [1.54, 1.807) is 12.1 Å². The van der Waals surface area contributed by atoms with Crippen LogP contribution in [0.1, 0.15) is 5.76 Å². The lowest BCUT2D eigenvalue weighted by Crippen LogP contribution is -2.16. The van der Waals surface area contributed by atoms with Crippen molar-refractivity contribution in [1.29, 1.82) is 0 Å². The van der Waals surface area contributed by atoms with Crippen LogP contribution in [0, 0.1) is 0 Å². The predicted molar refractivity (Wildman–Crippen MR) is 49.5 cm³/mol. The van der Waals surface area contributed by atoms with E-state index in [1.165, 1.54) is 13.3 Å². The van der Waals surface area contributed by atoms with Gasteiger partial charge in [-0.25, -0.2) is 10.2 Å². The molecule has 1 rings (SSSR count). The number of nitrogens with zero attached hydrogens (tertiary/aromatic N) is 1. The number of methoxy groups -OCH3 is 1. The molecule has 0 atom stereocenters. The van der Waals surface area contributed by atoms with Gasteiger partial charge >= 0.3 is 6.09 Å². The van der Waals surface area contributed by atoms with Gasteiger partial charge in [-0.2, -0.15) is 5.10 Å². The number of hydrogen-bond acceptors (Lipinski definition) is 4. The summed E-state index contributed by atoms with van der Waals surface area (Å²) < 4.78 is 9.97. The molecular formula is C7H7BrN2O3. The van der Waals surface area contributed by atoms with Gasteiger partial charge in [0.15, 0.2) is 4.67 Å². The fourth-order valence-corrected chi connectivity index (χ4v) is 0.911. The number of nitrogens with one attached hydrogen (secondary N) is 1. The van der Waals surface area contributed by atoms with Crippen LogP contribution in [0.25, 0.3) is 0 Å². The molecule has 1 amide bonds. The Morgan fingerprint density at radius 2 is 2.54 bits per heavy atom. The molecule has 0 saturated heterocycles. The third-order valence-electron chi connectivity index (χ3n) is 1.13. The molecule has 1 aromatic rings. The van der Waals surface area contributed by atoms with Gasteiger partial charge in [0.2, 0.25) is 0 Å². The van der Waals surface area contributed by atoms with Gasteiger partial charge in [-0.05, 0) is 28.1 Å². The van der Waals surface area contributed by atoms with Gasteiger partial charge < -0.3 is 9.15 Å². The monoisotopic (exact) mass is 246 g/mol. The summed E-state index contributed by atoms with van der Waals surface area (Å²) in [6.45, 7) is 0. The summed E-state index contributed by atoms with van der Waals surface area (Å²) in [6.07, 6.45) is 0.740. The number of hydrogen-bond donors (Lipinski definition) is 1. The zero-order valence-corrected chi connectivity index (χ0v) is 8.37. The molecule has 6 heteroatoms. The Morgan fingerprint density at radius 3 is 3.08 bits per heavy atom. The van der Waals surface area contributed by atoms with Crippen molar-refractivity contribution in [1.82, 2.24) is 5.43 Å². The summed E-state index contributed by atoms with van der Waals surface area (Å²) >= 11 is 3.13. The minimum absolute atomic E-state index is 0.531. The van der Waals surface area contributed by atoms with Crippen LogP contribution in [0.4, 0.5) is 4.79 Å². The third-order valence-corrected chi connectivity index (χ3v) is 1.55. The maximum atomic E-state index is 10.5. The smallest absolute Gasteiger partial charge is 0.427 e. The van der Waals surface area contributed by atoms with Crippen molar-refractivity contribution >= 4 is 28.2 Å². The predicted octanol–water partition coefficient (Wildman–Crippen LogP) is 1.73. The Labute approximate surface area is 82.9 Å². The zero-order chi connectivity index (χ0) is 9.68. The summed E-state index contributed by atoms with van der Waals surface area (Å²) in [6, 6.07) is 3.42. The maximum absolute atomic E-state index is 10.5. The Bertz CT molecular complexity index is 321. The molecule has 1 heterocycles. The van der Waals surface area contributed by atoms with Gasteiger partial charge in [-0.3, -0.25) is 0 Å².